The molecule has 0 radical (unpaired) electrons. The maximum atomic E-state index is 13.6. The van der Waals surface area contributed by atoms with Crippen LogP contribution < -0.4 is 0 Å². The zero-order valence-electron chi connectivity index (χ0n) is 21.2. The van der Waals surface area contributed by atoms with E-state index in [1.165, 1.54) is 23.1 Å². The molecule has 0 unspecified atom stereocenters. The molecule has 2 heterocycles. The van der Waals surface area contributed by atoms with E-state index in [1.54, 1.807) is 17.0 Å². The highest BCUT2D eigenvalue weighted by Crippen LogP contribution is 2.51. The highest BCUT2D eigenvalue weighted by molar-refractivity contribution is 6.06. The number of amides is 2. The van der Waals surface area contributed by atoms with Crippen LogP contribution in [0, 0.1) is 17.8 Å². The zero-order valence-corrected chi connectivity index (χ0v) is 21.2. The van der Waals surface area contributed by atoms with Gasteiger partial charge in [0.05, 0.1) is 24.5 Å². The fourth-order valence-corrected chi connectivity index (χ4v) is 7.01. The number of ether oxygens (including phenoxy) is 1. The van der Waals surface area contributed by atoms with Crippen molar-refractivity contribution in [3.8, 4) is 5.75 Å². The lowest BCUT2D eigenvalue weighted by Crippen LogP contribution is -2.42. The fraction of sp³-hybridized carbons (Fsp3) is 0.600. The number of fused-ring (bicyclic) bond motifs is 3. The number of allylic oxidation sites excluding steroid dienone is 2. The van der Waals surface area contributed by atoms with Gasteiger partial charge in [0.2, 0.25) is 11.8 Å². The van der Waals surface area contributed by atoms with E-state index in [9.17, 15) is 14.7 Å². The molecule has 4 atom stereocenters. The molecule has 5 nitrogen and oxygen atoms in total. The summed E-state index contributed by atoms with van der Waals surface area (Å²) >= 11 is 0. The molecule has 5 heteroatoms. The van der Waals surface area contributed by atoms with Crippen molar-refractivity contribution >= 4 is 17.9 Å². The first kappa shape index (κ1) is 24.3. The molecular formula is C30H39NO4. The summed E-state index contributed by atoms with van der Waals surface area (Å²) < 4.78 is 6.37. The van der Waals surface area contributed by atoms with Crippen molar-refractivity contribution < 1.29 is 19.4 Å². The number of carbonyl (C=O) groups is 2. The zero-order chi connectivity index (χ0) is 24.5. The molecular weight excluding hydrogens is 438 g/mol. The third kappa shape index (κ3) is 4.60. The van der Waals surface area contributed by atoms with Crippen molar-refractivity contribution in [3.05, 3.63) is 46.5 Å². The molecule has 1 N–H and O–H groups in total. The molecule has 2 saturated heterocycles. The van der Waals surface area contributed by atoms with Gasteiger partial charge in [0.1, 0.15) is 5.75 Å². The van der Waals surface area contributed by atoms with Gasteiger partial charge < -0.3 is 9.84 Å². The number of aromatic hydroxyl groups is 1. The molecule has 4 aliphatic rings. The Balaban J connectivity index is 1.33. The predicted molar refractivity (Wildman–Crippen MR) is 136 cm³/mol. The van der Waals surface area contributed by atoms with Gasteiger partial charge in [0.15, 0.2) is 0 Å². The Bertz CT molecular complexity index is 1020. The summed E-state index contributed by atoms with van der Waals surface area (Å²) in [5.74, 6) is 0.0989. The third-order valence-electron chi connectivity index (χ3n) is 8.85. The van der Waals surface area contributed by atoms with Gasteiger partial charge in [0, 0.05) is 12.0 Å². The van der Waals surface area contributed by atoms with Crippen molar-refractivity contribution in [2.45, 2.75) is 90.2 Å². The Morgan fingerprint density at radius 3 is 2.49 bits per heavy atom. The standard InChI is InChI=1S/C30H39NO4/c1-3-19(16-20-10-13-23(32)14-11-20)12-15-26-27-21(4-2)17-24-28(25(27)18-35-26)30(34)31(29(24)33)22-8-6-5-7-9-22/h10-11,13-14,16,22,24-26,28,32H,3-9,12,15,17-18H2,1-2H3/b19-16+/t24-,25+,26-,28-/m1/s1. The second-order valence-electron chi connectivity index (χ2n) is 10.8. The number of hydrogen-bond acceptors (Lipinski definition) is 4. The third-order valence-corrected chi connectivity index (χ3v) is 8.85. The monoisotopic (exact) mass is 477 g/mol. The molecule has 2 amide bonds. The molecule has 188 valence electrons. The average Bonchev–Trinajstić information content (AvgIpc) is 3.41. The highest BCUT2D eigenvalue weighted by Gasteiger charge is 2.57. The summed E-state index contributed by atoms with van der Waals surface area (Å²) in [5.41, 5.74) is 5.13. The van der Waals surface area contributed by atoms with Gasteiger partial charge in [-0.2, -0.15) is 0 Å². The quantitative estimate of drug-likeness (QED) is 0.385. The van der Waals surface area contributed by atoms with E-state index in [0.717, 1.165) is 63.4 Å². The van der Waals surface area contributed by atoms with E-state index in [0.29, 0.717) is 6.61 Å². The van der Waals surface area contributed by atoms with Crippen molar-refractivity contribution in [1.29, 1.82) is 0 Å². The Hall–Kier alpha value is -2.40. The number of hydrogen-bond donors (Lipinski definition) is 1. The molecule has 0 aromatic heterocycles. The summed E-state index contributed by atoms with van der Waals surface area (Å²) in [4.78, 5) is 28.8. The van der Waals surface area contributed by atoms with E-state index < -0.39 is 0 Å². The summed E-state index contributed by atoms with van der Waals surface area (Å²) in [7, 11) is 0. The number of likely N-dealkylation sites (tertiary alicyclic amines) is 1. The average molecular weight is 478 g/mol. The van der Waals surface area contributed by atoms with Crippen LogP contribution in [0.5, 0.6) is 5.75 Å². The Morgan fingerprint density at radius 2 is 1.80 bits per heavy atom. The van der Waals surface area contributed by atoms with E-state index in [2.05, 4.69) is 19.9 Å². The van der Waals surface area contributed by atoms with Crippen molar-refractivity contribution in [1.82, 2.24) is 4.90 Å². The lowest BCUT2D eigenvalue weighted by atomic mass is 9.69. The molecule has 1 aromatic carbocycles. The molecule has 0 bridgehead atoms. The van der Waals surface area contributed by atoms with E-state index in [4.69, 9.17) is 4.74 Å². The van der Waals surface area contributed by atoms with Gasteiger partial charge in [-0.25, -0.2) is 0 Å². The lowest BCUT2D eigenvalue weighted by molar-refractivity contribution is -0.143. The smallest absolute Gasteiger partial charge is 0.234 e. The SMILES string of the molecule is CCC1=C2[C@@H](CC/C(=C/c3ccc(O)cc3)CC)OC[C@@H]2[C@@H]2C(=O)N(C3CCCCC3)C(=O)[C@@H]2C1. The van der Waals surface area contributed by atoms with Crippen molar-refractivity contribution in [2.75, 3.05) is 6.61 Å². The lowest BCUT2D eigenvalue weighted by Gasteiger charge is -2.31. The maximum Gasteiger partial charge on any atom is 0.234 e. The van der Waals surface area contributed by atoms with E-state index in [-0.39, 0.29) is 47.5 Å². The molecule has 5 rings (SSSR count). The number of carbonyl (C=O) groups excluding carboxylic acids is 2. The van der Waals surface area contributed by atoms with Crippen LogP contribution in [0.4, 0.5) is 0 Å². The molecule has 3 fully saturated rings. The second kappa shape index (κ2) is 10.3. The van der Waals surface area contributed by atoms with Gasteiger partial charge in [-0.05, 0) is 68.2 Å². The highest BCUT2D eigenvalue weighted by atomic mass is 16.5. The molecule has 35 heavy (non-hydrogen) atoms. The van der Waals surface area contributed by atoms with Crippen LogP contribution in [0.25, 0.3) is 6.08 Å². The minimum atomic E-state index is -0.224. The minimum Gasteiger partial charge on any atom is -0.508 e. The number of phenols is 1. The fourth-order valence-electron chi connectivity index (χ4n) is 7.01. The van der Waals surface area contributed by atoms with Crippen molar-refractivity contribution in [2.24, 2.45) is 17.8 Å². The van der Waals surface area contributed by atoms with Gasteiger partial charge >= 0.3 is 0 Å². The number of rotatable bonds is 7. The number of benzene rings is 1. The van der Waals surface area contributed by atoms with Crippen LogP contribution in [0.15, 0.2) is 41.0 Å². The van der Waals surface area contributed by atoms with Gasteiger partial charge in [-0.3, -0.25) is 14.5 Å². The minimum absolute atomic E-state index is 0.0392. The molecule has 1 saturated carbocycles. The number of nitrogens with zero attached hydrogens (tertiary/aromatic N) is 1. The van der Waals surface area contributed by atoms with E-state index in [1.807, 2.05) is 12.1 Å². The summed E-state index contributed by atoms with van der Waals surface area (Å²) in [6.07, 6.45) is 12.1. The van der Waals surface area contributed by atoms with Crippen LogP contribution in [-0.4, -0.2) is 40.6 Å². The van der Waals surface area contributed by atoms with Gasteiger partial charge in [0.25, 0.3) is 0 Å². The Morgan fingerprint density at radius 1 is 1.06 bits per heavy atom. The van der Waals surface area contributed by atoms with Gasteiger partial charge in [-0.15, -0.1) is 0 Å². The first-order valence-corrected chi connectivity index (χ1v) is 13.7. The summed E-state index contributed by atoms with van der Waals surface area (Å²) in [6.45, 7) is 4.91. The summed E-state index contributed by atoms with van der Waals surface area (Å²) in [6, 6.07) is 7.42. The molecule has 2 aliphatic carbocycles. The maximum absolute atomic E-state index is 13.6. The Kier molecular flexibility index (Phi) is 7.15. The molecule has 0 spiro atoms. The normalized spacial score (nSPS) is 29.7. The van der Waals surface area contributed by atoms with Crippen LogP contribution >= 0.6 is 0 Å². The topological polar surface area (TPSA) is 66.8 Å². The van der Waals surface area contributed by atoms with E-state index >= 15 is 0 Å². The molecule has 2 aliphatic heterocycles. The Labute approximate surface area is 209 Å². The van der Waals surface area contributed by atoms with Crippen LogP contribution in [0.3, 0.4) is 0 Å². The van der Waals surface area contributed by atoms with Crippen LogP contribution in [-0.2, 0) is 14.3 Å². The first-order chi connectivity index (χ1) is 17.0. The second-order valence-corrected chi connectivity index (χ2v) is 10.8. The summed E-state index contributed by atoms with van der Waals surface area (Å²) in [5, 5.41) is 9.55. The largest absolute Gasteiger partial charge is 0.508 e. The number of phenolic OH excluding ortho intramolecular Hbond substituents is 1. The first-order valence-electron chi connectivity index (χ1n) is 13.7. The van der Waals surface area contributed by atoms with Crippen LogP contribution in [0.2, 0.25) is 0 Å². The molecule has 1 aromatic rings. The van der Waals surface area contributed by atoms with Gasteiger partial charge in [-0.1, -0.05) is 62.5 Å². The predicted octanol–water partition coefficient (Wildman–Crippen LogP) is 6.03. The number of imide groups is 1. The van der Waals surface area contributed by atoms with Crippen LogP contribution in [0.1, 0.15) is 83.6 Å². The van der Waals surface area contributed by atoms with Crippen molar-refractivity contribution in [3.63, 3.8) is 0 Å².